The van der Waals surface area contributed by atoms with E-state index >= 15 is 0 Å². The molecule has 0 bridgehead atoms. The maximum atomic E-state index is 12.6. The lowest BCUT2D eigenvalue weighted by atomic mass is 10.1. The maximum absolute atomic E-state index is 12.6. The Morgan fingerprint density at radius 3 is 2.73 bits per heavy atom. The van der Waals surface area contributed by atoms with E-state index < -0.39 is 6.04 Å². The fourth-order valence-electron chi connectivity index (χ4n) is 2.47. The number of rotatable bonds is 6. The highest BCUT2D eigenvalue weighted by molar-refractivity contribution is 5.95. The predicted molar refractivity (Wildman–Crippen MR) is 96.6 cm³/mol. The number of benzene rings is 1. The summed E-state index contributed by atoms with van der Waals surface area (Å²) in [6.45, 7) is 0. The van der Waals surface area contributed by atoms with E-state index in [-0.39, 0.29) is 18.3 Å². The molecule has 0 fully saturated rings. The molecule has 1 amide bonds. The smallest absolute Gasteiger partial charge is 0.246 e. The fraction of sp³-hybridized carbons (Fsp3) is 0.267. The number of nitrogens with one attached hydrogen (secondary N) is 2. The van der Waals surface area contributed by atoms with Crippen LogP contribution in [0.2, 0.25) is 0 Å². The van der Waals surface area contributed by atoms with Crippen LogP contribution in [0.15, 0.2) is 36.9 Å². The summed E-state index contributed by atoms with van der Waals surface area (Å²) in [5.41, 5.74) is 1.99. The summed E-state index contributed by atoms with van der Waals surface area (Å²) in [4.78, 5) is 12.6. The SMILES string of the molecule is CNC(C(=O)Nc1ccc(OC)c(-n2cnnn2)c1)c1cnn(C)c1.Cl. The second kappa shape index (κ2) is 8.41. The number of methoxy groups -OCH3 is 1. The standard InChI is InChI=1S/C15H18N8O2.ClH/c1-16-14(10-7-18-22(2)8-10)15(24)19-11-4-5-13(25-3)12(6-11)23-9-17-20-21-23;/h4-9,14,16H,1-3H3,(H,19,24);1H. The van der Waals surface area contributed by atoms with Crippen molar-refractivity contribution in [3.63, 3.8) is 0 Å². The van der Waals surface area contributed by atoms with Crippen LogP contribution in [-0.2, 0) is 11.8 Å². The summed E-state index contributed by atoms with van der Waals surface area (Å²) in [7, 11) is 5.08. The van der Waals surface area contributed by atoms with E-state index in [9.17, 15) is 4.79 Å². The van der Waals surface area contributed by atoms with E-state index in [0.717, 1.165) is 5.56 Å². The van der Waals surface area contributed by atoms with Crippen LogP contribution in [0.4, 0.5) is 5.69 Å². The van der Waals surface area contributed by atoms with E-state index in [1.165, 1.54) is 11.0 Å². The zero-order chi connectivity index (χ0) is 17.8. The van der Waals surface area contributed by atoms with Crippen molar-refractivity contribution in [2.75, 3.05) is 19.5 Å². The number of tetrazole rings is 1. The number of hydrogen-bond acceptors (Lipinski definition) is 7. The molecule has 3 aromatic rings. The van der Waals surface area contributed by atoms with Gasteiger partial charge < -0.3 is 15.4 Å². The van der Waals surface area contributed by atoms with Gasteiger partial charge in [0.15, 0.2) is 0 Å². The number of hydrogen-bond donors (Lipinski definition) is 2. The molecule has 0 aliphatic rings. The number of anilines is 1. The van der Waals surface area contributed by atoms with Gasteiger partial charge in [-0.2, -0.15) is 9.78 Å². The summed E-state index contributed by atoms with van der Waals surface area (Å²) in [5.74, 6) is 0.381. The average Bonchev–Trinajstić information content (AvgIpc) is 3.27. The molecule has 0 saturated carbocycles. The highest BCUT2D eigenvalue weighted by atomic mass is 35.5. The van der Waals surface area contributed by atoms with Crippen LogP contribution in [0, 0.1) is 0 Å². The van der Waals surface area contributed by atoms with Crippen LogP contribution >= 0.6 is 12.4 Å². The fourth-order valence-corrected chi connectivity index (χ4v) is 2.47. The molecule has 0 aliphatic heterocycles. The third-order valence-corrected chi connectivity index (χ3v) is 3.65. The number of aryl methyl sites for hydroxylation is 1. The predicted octanol–water partition coefficient (Wildman–Crippen LogP) is 0.725. The van der Waals surface area contributed by atoms with Gasteiger partial charge in [0.05, 0.1) is 13.3 Å². The van der Waals surface area contributed by atoms with Gasteiger partial charge in [0.25, 0.3) is 0 Å². The number of aromatic nitrogens is 6. The van der Waals surface area contributed by atoms with Gasteiger partial charge in [-0.1, -0.05) is 0 Å². The van der Waals surface area contributed by atoms with Crippen molar-refractivity contribution in [2.24, 2.45) is 7.05 Å². The molecular formula is C15H19ClN8O2. The van der Waals surface area contributed by atoms with E-state index in [1.54, 1.807) is 56.5 Å². The first kappa shape index (κ1) is 19.3. The maximum Gasteiger partial charge on any atom is 0.246 e. The molecule has 26 heavy (non-hydrogen) atoms. The highest BCUT2D eigenvalue weighted by Crippen LogP contribution is 2.26. The lowest BCUT2D eigenvalue weighted by Gasteiger charge is -2.16. The number of nitrogens with zero attached hydrogens (tertiary/aromatic N) is 6. The van der Waals surface area contributed by atoms with E-state index in [0.29, 0.717) is 17.1 Å². The quantitative estimate of drug-likeness (QED) is 0.650. The molecule has 0 radical (unpaired) electrons. The topological polar surface area (TPSA) is 112 Å². The number of halogens is 1. The zero-order valence-electron chi connectivity index (χ0n) is 14.4. The largest absolute Gasteiger partial charge is 0.494 e. The first-order valence-corrected chi connectivity index (χ1v) is 7.50. The van der Waals surface area contributed by atoms with Crippen molar-refractivity contribution in [1.82, 2.24) is 35.3 Å². The minimum absolute atomic E-state index is 0. The van der Waals surface area contributed by atoms with Gasteiger partial charge in [0, 0.05) is 24.5 Å². The van der Waals surface area contributed by atoms with Crippen LogP contribution < -0.4 is 15.4 Å². The molecule has 2 aromatic heterocycles. The monoisotopic (exact) mass is 378 g/mol. The molecule has 1 unspecified atom stereocenters. The molecule has 138 valence electrons. The van der Waals surface area contributed by atoms with E-state index in [4.69, 9.17) is 4.74 Å². The summed E-state index contributed by atoms with van der Waals surface area (Å²) >= 11 is 0. The van der Waals surface area contributed by atoms with Crippen LogP contribution in [-0.4, -0.2) is 50.1 Å². The van der Waals surface area contributed by atoms with Crippen LogP contribution in [0.3, 0.4) is 0 Å². The number of ether oxygens (including phenoxy) is 1. The first-order chi connectivity index (χ1) is 12.1. The molecular weight excluding hydrogens is 360 g/mol. The van der Waals surface area contributed by atoms with Gasteiger partial charge in [-0.25, -0.2) is 0 Å². The summed E-state index contributed by atoms with van der Waals surface area (Å²) in [6.07, 6.45) is 4.90. The van der Waals surface area contributed by atoms with E-state index in [2.05, 4.69) is 31.3 Å². The minimum atomic E-state index is -0.521. The Kier molecular flexibility index (Phi) is 6.26. The van der Waals surface area contributed by atoms with Crippen molar-refractivity contribution in [2.45, 2.75) is 6.04 Å². The third-order valence-electron chi connectivity index (χ3n) is 3.65. The summed E-state index contributed by atoms with van der Waals surface area (Å²) < 4.78 is 8.43. The second-order valence-electron chi connectivity index (χ2n) is 5.30. The number of amides is 1. The van der Waals surface area contributed by atoms with Gasteiger partial charge in [-0.05, 0) is 35.7 Å². The van der Waals surface area contributed by atoms with E-state index in [1.807, 2.05) is 0 Å². The molecule has 1 aromatic carbocycles. The number of likely N-dealkylation sites (N-methyl/N-ethyl adjacent to an activating group) is 1. The molecule has 0 spiro atoms. The normalized spacial score (nSPS) is 11.5. The lowest BCUT2D eigenvalue weighted by molar-refractivity contribution is -0.118. The Hall–Kier alpha value is -2.98. The number of carbonyl (C=O) groups excluding carboxylic acids is 1. The van der Waals surface area contributed by atoms with Crippen LogP contribution in [0.25, 0.3) is 5.69 Å². The third kappa shape index (κ3) is 3.98. The van der Waals surface area contributed by atoms with Crippen molar-refractivity contribution >= 4 is 24.0 Å². The van der Waals surface area contributed by atoms with Crippen LogP contribution in [0.5, 0.6) is 5.75 Å². The highest BCUT2D eigenvalue weighted by Gasteiger charge is 2.20. The van der Waals surface area contributed by atoms with Crippen molar-refractivity contribution in [3.8, 4) is 11.4 Å². The zero-order valence-corrected chi connectivity index (χ0v) is 15.3. The summed E-state index contributed by atoms with van der Waals surface area (Å²) in [5, 5.41) is 21.1. The second-order valence-corrected chi connectivity index (χ2v) is 5.30. The Balaban J connectivity index is 0.00000243. The molecule has 0 aliphatic carbocycles. The lowest BCUT2D eigenvalue weighted by Crippen LogP contribution is -2.30. The minimum Gasteiger partial charge on any atom is -0.494 e. The average molecular weight is 379 g/mol. The molecule has 0 saturated heterocycles. The van der Waals surface area contributed by atoms with Crippen molar-refractivity contribution in [1.29, 1.82) is 0 Å². The van der Waals surface area contributed by atoms with Crippen molar-refractivity contribution < 1.29 is 9.53 Å². The Labute approximate surface area is 155 Å². The molecule has 10 nitrogen and oxygen atoms in total. The van der Waals surface area contributed by atoms with Gasteiger partial charge in [0.1, 0.15) is 23.8 Å². The van der Waals surface area contributed by atoms with Gasteiger partial charge in [-0.15, -0.1) is 17.5 Å². The van der Waals surface area contributed by atoms with Gasteiger partial charge in [0.2, 0.25) is 5.91 Å². The molecule has 3 rings (SSSR count). The molecule has 2 heterocycles. The number of carbonyl (C=O) groups is 1. The molecule has 1 atom stereocenters. The Bertz CT molecular complexity index is 864. The van der Waals surface area contributed by atoms with Crippen molar-refractivity contribution in [3.05, 3.63) is 42.5 Å². The van der Waals surface area contributed by atoms with Gasteiger partial charge in [-0.3, -0.25) is 9.48 Å². The van der Waals surface area contributed by atoms with Gasteiger partial charge >= 0.3 is 0 Å². The first-order valence-electron chi connectivity index (χ1n) is 7.50. The Morgan fingerprint density at radius 2 is 2.15 bits per heavy atom. The summed E-state index contributed by atoms with van der Waals surface area (Å²) in [6, 6.07) is 4.71. The molecule has 2 N–H and O–H groups in total. The van der Waals surface area contributed by atoms with Crippen LogP contribution in [0.1, 0.15) is 11.6 Å². The molecule has 11 heteroatoms. The Morgan fingerprint density at radius 1 is 1.35 bits per heavy atom.